The minimum Gasteiger partial charge on any atom is -0.322 e. The fourth-order valence-corrected chi connectivity index (χ4v) is 3.50. The number of carbonyl (C=O) groups is 3. The third-order valence-electron chi connectivity index (χ3n) is 5.45. The summed E-state index contributed by atoms with van der Waals surface area (Å²) in [6, 6.07) is 22.9. The molecule has 4 aromatic carbocycles. The third-order valence-corrected chi connectivity index (χ3v) is 5.45. The average molecular weight is 510 g/mol. The van der Waals surface area contributed by atoms with E-state index in [2.05, 4.69) is 10.6 Å². The Bertz CT molecular complexity index is 1450. The molecule has 11 heteroatoms. The highest BCUT2D eigenvalue weighted by Gasteiger charge is 2.14. The highest BCUT2D eigenvalue weighted by atomic mass is 16.6. The Morgan fingerprint density at radius 1 is 0.526 bits per heavy atom. The van der Waals surface area contributed by atoms with Crippen molar-refractivity contribution in [2.45, 2.75) is 0 Å². The van der Waals surface area contributed by atoms with Crippen molar-refractivity contribution in [1.29, 1.82) is 0 Å². The summed E-state index contributed by atoms with van der Waals surface area (Å²) in [6.07, 6.45) is 0. The summed E-state index contributed by atoms with van der Waals surface area (Å²) in [5, 5.41) is 27.1. The molecule has 0 heterocycles. The maximum atomic E-state index is 12.9. The van der Waals surface area contributed by atoms with E-state index in [1.807, 2.05) is 0 Å². The van der Waals surface area contributed by atoms with Gasteiger partial charge in [0, 0.05) is 57.9 Å². The fourth-order valence-electron chi connectivity index (χ4n) is 3.50. The number of nitro benzene ring substituents is 2. The Balaban J connectivity index is 1.39. The molecule has 188 valence electrons. The molecule has 0 aliphatic rings. The smallest absolute Gasteiger partial charge is 0.270 e. The van der Waals surface area contributed by atoms with Crippen LogP contribution in [-0.2, 0) is 0 Å². The molecule has 0 bridgehead atoms. The van der Waals surface area contributed by atoms with Gasteiger partial charge in [-0.1, -0.05) is 12.1 Å². The predicted octanol–water partition coefficient (Wildman–Crippen LogP) is 5.24. The first kappa shape index (κ1) is 25.4. The van der Waals surface area contributed by atoms with E-state index in [-0.39, 0.29) is 28.3 Å². The Hall–Kier alpha value is -5.71. The van der Waals surface area contributed by atoms with E-state index < -0.39 is 21.7 Å². The van der Waals surface area contributed by atoms with Crippen molar-refractivity contribution in [3.05, 3.63) is 140 Å². The van der Waals surface area contributed by atoms with Gasteiger partial charge in [0.1, 0.15) is 0 Å². The van der Waals surface area contributed by atoms with Crippen molar-refractivity contribution in [1.82, 2.24) is 0 Å². The number of ketones is 1. The van der Waals surface area contributed by atoms with Gasteiger partial charge in [-0.2, -0.15) is 0 Å². The van der Waals surface area contributed by atoms with Crippen LogP contribution in [0.4, 0.5) is 22.7 Å². The van der Waals surface area contributed by atoms with Gasteiger partial charge in [-0.25, -0.2) is 0 Å². The highest BCUT2D eigenvalue weighted by molar-refractivity contribution is 6.10. The van der Waals surface area contributed by atoms with E-state index in [1.54, 1.807) is 0 Å². The molecule has 0 aliphatic carbocycles. The summed E-state index contributed by atoms with van der Waals surface area (Å²) in [5.74, 6) is -1.36. The van der Waals surface area contributed by atoms with Crippen LogP contribution in [0.15, 0.2) is 97.1 Å². The van der Waals surface area contributed by atoms with E-state index in [9.17, 15) is 34.6 Å². The van der Waals surface area contributed by atoms with Crippen LogP contribution in [-0.4, -0.2) is 27.4 Å². The lowest BCUT2D eigenvalue weighted by Gasteiger charge is -2.08. The molecular formula is C27H18N4O7. The van der Waals surface area contributed by atoms with Crippen molar-refractivity contribution >= 4 is 40.3 Å². The van der Waals surface area contributed by atoms with Gasteiger partial charge in [0.15, 0.2) is 5.78 Å². The summed E-state index contributed by atoms with van der Waals surface area (Å²) >= 11 is 0. The number of carbonyl (C=O) groups excluding carboxylic acids is 3. The molecule has 2 amide bonds. The van der Waals surface area contributed by atoms with Crippen molar-refractivity contribution in [2.75, 3.05) is 10.6 Å². The van der Waals surface area contributed by atoms with E-state index in [4.69, 9.17) is 0 Å². The predicted molar refractivity (Wildman–Crippen MR) is 138 cm³/mol. The minimum absolute atomic E-state index is 0.122. The SMILES string of the molecule is O=C(Nc1ccc(C(=O)c2ccc(NC(=O)c3cccc([N+](=O)[O-])c3)cc2)cc1)c1cccc([N+](=O)[O-])c1. The molecule has 0 spiro atoms. The number of hydrogen-bond donors (Lipinski definition) is 2. The molecule has 2 N–H and O–H groups in total. The molecule has 0 fully saturated rings. The van der Waals surface area contributed by atoms with Gasteiger partial charge in [0.2, 0.25) is 0 Å². The van der Waals surface area contributed by atoms with Crippen LogP contribution in [0.2, 0.25) is 0 Å². The molecule has 4 rings (SSSR count). The van der Waals surface area contributed by atoms with Gasteiger partial charge in [-0.3, -0.25) is 34.6 Å². The number of hydrogen-bond acceptors (Lipinski definition) is 7. The zero-order chi connectivity index (χ0) is 27.2. The van der Waals surface area contributed by atoms with Crippen LogP contribution in [0.5, 0.6) is 0 Å². The fraction of sp³-hybridized carbons (Fsp3) is 0. The molecule has 11 nitrogen and oxygen atoms in total. The van der Waals surface area contributed by atoms with Crippen molar-refractivity contribution < 1.29 is 24.2 Å². The number of benzene rings is 4. The summed E-state index contributed by atoms with van der Waals surface area (Å²) in [5.41, 5.74) is 1.35. The molecule has 0 aromatic heterocycles. The molecular weight excluding hydrogens is 492 g/mol. The maximum Gasteiger partial charge on any atom is 0.270 e. The third kappa shape index (κ3) is 5.91. The van der Waals surface area contributed by atoms with Gasteiger partial charge < -0.3 is 10.6 Å². The quantitative estimate of drug-likeness (QED) is 0.186. The Morgan fingerprint density at radius 2 is 0.895 bits per heavy atom. The van der Waals surface area contributed by atoms with Crippen LogP contribution in [0.1, 0.15) is 36.6 Å². The lowest BCUT2D eigenvalue weighted by molar-refractivity contribution is -0.385. The molecule has 0 aliphatic heterocycles. The van der Waals surface area contributed by atoms with Crippen molar-refractivity contribution in [2.24, 2.45) is 0 Å². The Kier molecular flexibility index (Phi) is 7.29. The van der Waals surface area contributed by atoms with E-state index in [0.29, 0.717) is 22.5 Å². The van der Waals surface area contributed by atoms with E-state index in [1.165, 1.54) is 97.1 Å². The number of nitrogens with zero attached hydrogens (tertiary/aromatic N) is 2. The van der Waals surface area contributed by atoms with Crippen LogP contribution in [0.25, 0.3) is 0 Å². The molecule has 38 heavy (non-hydrogen) atoms. The van der Waals surface area contributed by atoms with Gasteiger partial charge in [0.05, 0.1) is 9.85 Å². The van der Waals surface area contributed by atoms with Crippen molar-refractivity contribution in [3.8, 4) is 0 Å². The number of amides is 2. The van der Waals surface area contributed by atoms with Crippen LogP contribution in [0, 0.1) is 20.2 Å². The summed E-state index contributed by atoms with van der Waals surface area (Å²) in [7, 11) is 0. The Labute approximate surface area is 215 Å². The zero-order valence-electron chi connectivity index (χ0n) is 19.5. The first-order valence-corrected chi connectivity index (χ1v) is 11.1. The van der Waals surface area contributed by atoms with Crippen LogP contribution < -0.4 is 10.6 Å². The maximum absolute atomic E-state index is 12.9. The topological polar surface area (TPSA) is 162 Å². The second-order valence-corrected chi connectivity index (χ2v) is 8.01. The Morgan fingerprint density at radius 3 is 1.24 bits per heavy atom. The number of non-ortho nitro benzene ring substituents is 2. The molecule has 0 unspecified atom stereocenters. The van der Waals surface area contributed by atoms with E-state index in [0.717, 1.165) is 0 Å². The van der Waals surface area contributed by atoms with Gasteiger partial charge >= 0.3 is 0 Å². The summed E-state index contributed by atoms with van der Waals surface area (Å²) < 4.78 is 0. The number of nitrogens with one attached hydrogen (secondary N) is 2. The average Bonchev–Trinajstić information content (AvgIpc) is 2.93. The number of rotatable bonds is 8. The number of nitro groups is 2. The normalized spacial score (nSPS) is 10.3. The standard InChI is InChI=1S/C27H18N4O7/c32-25(17-7-11-21(12-8-17)28-26(33)19-3-1-5-23(15-19)30(35)36)18-9-13-22(14-10-18)29-27(34)20-4-2-6-24(16-20)31(37)38/h1-16H,(H,28,33)(H,29,34). The van der Waals surface area contributed by atoms with Gasteiger partial charge in [-0.05, 0) is 60.7 Å². The summed E-state index contributed by atoms with van der Waals surface area (Å²) in [6.45, 7) is 0. The van der Waals surface area contributed by atoms with Gasteiger partial charge in [0.25, 0.3) is 23.2 Å². The second-order valence-electron chi connectivity index (χ2n) is 8.01. The lowest BCUT2D eigenvalue weighted by Crippen LogP contribution is -2.12. The molecule has 0 atom stereocenters. The monoisotopic (exact) mass is 510 g/mol. The lowest BCUT2D eigenvalue weighted by atomic mass is 10.0. The van der Waals surface area contributed by atoms with E-state index >= 15 is 0 Å². The zero-order valence-corrected chi connectivity index (χ0v) is 19.5. The largest absolute Gasteiger partial charge is 0.322 e. The van der Waals surface area contributed by atoms with Crippen LogP contribution >= 0.6 is 0 Å². The summed E-state index contributed by atoms with van der Waals surface area (Å²) in [4.78, 5) is 58.3. The molecule has 0 saturated heterocycles. The molecule has 0 saturated carbocycles. The molecule has 0 radical (unpaired) electrons. The molecule has 4 aromatic rings. The number of anilines is 2. The van der Waals surface area contributed by atoms with Gasteiger partial charge in [-0.15, -0.1) is 0 Å². The second kappa shape index (κ2) is 10.9. The minimum atomic E-state index is -0.588. The first-order valence-electron chi connectivity index (χ1n) is 11.1. The highest BCUT2D eigenvalue weighted by Crippen LogP contribution is 2.19. The first-order chi connectivity index (χ1) is 18.2. The van der Waals surface area contributed by atoms with Crippen LogP contribution in [0.3, 0.4) is 0 Å². The van der Waals surface area contributed by atoms with Crippen molar-refractivity contribution in [3.63, 3.8) is 0 Å².